The van der Waals surface area contributed by atoms with Crippen LogP contribution in [0.1, 0.15) is 5.56 Å². The first kappa shape index (κ1) is 8.62. The van der Waals surface area contributed by atoms with Crippen molar-refractivity contribution in [3.05, 3.63) is 29.8 Å². The van der Waals surface area contributed by atoms with Gasteiger partial charge >= 0.3 is 0 Å². The maximum absolute atomic E-state index is 10.5. The third-order valence-corrected chi connectivity index (χ3v) is 1.38. The van der Waals surface area contributed by atoms with Crippen molar-refractivity contribution in [3.8, 4) is 6.07 Å². The summed E-state index contributed by atoms with van der Waals surface area (Å²) in [5, 5.41) is 10.5. The summed E-state index contributed by atoms with van der Waals surface area (Å²) < 4.78 is 0. The summed E-state index contributed by atoms with van der Waals surface area (Å²) in [4.78, 5) is 10.5. The number of nitrogens with one attached hydrogen (secondary N) is 1. The lowest BCUT2D eigenvalue weighted by atomic mass is 10.2. The number of amides is 1. The molecule has 0 heterocycles. The molecule has 3 nitrogen and oxygen atoms in total. The number of carbonyl (C=O) groups is 1. The Morgan fingerprint density at radius 1 is 1.42 bits per heavy atom. The number of benzene rings is 1. The summed E-state index contributed by atoms with van der Waals surface area (Å²) in [6.45, 7) is 0. The van der Waals surface area contributed by atoms with Crippen molar-refractivity contribution < 1.29 is 4.79 Å². The van der Waals surface area contributed by atoms with Gasteiger partial charge in [0, 0.05) is 5.69 Å². The van der Waals surface area contributed by atoms with Crippen molar-refractivity contribution >= 4 is 23.6 Å². The van der Waals surface area contributed by atoms with Crippen LogP contribution in [0, 0.1) is 11.3 Å². The molecule has 0 atom stereocenters. The minimum absolute atomic E-state index is 0.417. The molecule has 1 aromatic rings. The van der Waals surface area contributed by atoms with Gasteiger partial charge in [0.1, 0.15) is 0 Å². The summed E-state index contributed by atoms with van der Waals surface area (Å²) in [5.74, 6) is 0. The lowest BCUT2D eigenvalue weighted by Gasteiger charge is -1.99. The van der Waals surface area contributed by atoms with Crippen molar-refractivity contribution in [2.24, 2.45) is 0 Å². The van der Waals surface area contributed by atoms with E-state index in [2.05, 4.69) is 17.9 Å². The third kappa shape index (κ3) is 2.29. The van der Waals surface area contributed by atoms with Crippen molar-refractivity contribution in [1.82, 2.24) is 0 Å². The average molecular weight is 178 g/mol. The molecule has 0 saturated heterocycles. The Balaban J connectivity index is 2.80. The van der Waals surface area contributed by atoms with Gasteiger partial charge in [0.2, 0.25) is 0 Å². The summed E-state index contributed by atoms with van der Waals surface area (Å²) in [6.07, 6.45) is 0. The molecule has 4 heteroatoms. The molecule has 60 valence electrons. The van der Waals surface area contributed by atoms with Gasteiger partial charge in [-0.2, -0.15) is 5.26 Å². The van der Waals surface area contributed by atoms with E-state index in [9.17, 15) is 4.79 Å². The van der Waals surface area contributed by atoms with Gasteiger partial charge in [-0.05, 0) is 24.3 Å². The summed E-state index contributed by atoms with van der Waals surface area (Å²) in [6, 6.07) is 8.51. The van der Waals surface area contributed by atoms with Gasteiger partial charge in [-0.25, -0.2) is 0 Å². The first-order valence-electron chi connectivity index (χ1n) is 3.22. The summed E-state index contributed by atoms with van der Waals surface area (Å²) >= 11 is 3.54. The van der Waals surface area contributed by atoms with E-state index < -0.39 is 5.24 Å². The van der Waals surface area contributed by atoms with Crippen molar-refractivity contribution in [3.63, 3.8) is 0 Å². The average Bonchev–Trinajstić information content (AvgIpc) is 2.05. The van der Waals surface area contributed by atoms with Gasteiger partial charge in [-0.3, -0.25) is 4.79 Å². The largest absolute Gasteiger partial charge is 0.317 e. The van der Waals surface area contributed by atoms with Crippen LogP contribution in [0.15, 0.2) is 24.3 Å². The summed E-state index contributed by atoms with van der Waals surface area (Å²) in [5.41, 5.74) is 1.20. The first-order valence-corrected chi connectivity index (χ1v) is 3.67. The quantitative estimate of drug-likeness (QED) is 0.646. The Kier molecular flexibility index (Phi) is 2.72. The maximum Gasteiger partial charge on any atom is 0.280 e. The summed E-state index contributed by atoms with van der Waals surface area (Å²) in [7, 11) is 0. The molecule has 0 aromatic heterocycles. The number of hydrogen-bond acceptors (Lipinski definition) is 2. The van der Waals surface area contributed by atoms with E-state index in [1.54, 1.807) is 24.3 Å². The van der Waals surface area contributed by atoms with E-state index in [1.807, 2.05) is 6.07 Å². The molecular weight excluding hydrogens is 172 g/mol. The maximum atomic E-state index is 10.5. The molecule has 0 aliphatic heterocycles. The molecule has 1 N–H and O–H groups in total. The topological polar surface area (TPSA) is 52.9 Å². The zero-order valence-electron chi connectivity index (χ0n) is 6.11. The molecule has 0 aliphatic rings. The molecule has 0 aliphatic carbocycles. The number of rotatable bonds is 1. The Hall–Kier alpha value is -1.47. The first-order chi connectivity index (χ1) is 5.72. The van der Waals surface area contributed by atoms with Gasteiger partial charge in [0.15, 0.2) is 0 Å². The molecule has 0 bridgehead atoms. The second kappa shape index (κ2) is 3.79. The van der Waals surface area contributed by atoms with Crippen LogP contribution in [-0.2, 0) is 0 Å². The van der Waals surface area contributed by atoms with Crippen molar-refractivity contribution in [2.75, 3.05) is 5.32 Å². The van der Waals surface area contributed by atoms with Gasteiger partial charge in [0.25, 0.3) is 5.24 Å². The highest BCUT2D eigenvalue weighted by atomic mass is 32.1. The van der Waals surface area contributed by atoms with E-state index >= 15 is 0 Å². The zero-order chi connectivity index (χ0) is 8.97. The minimum Gasteiger partial charge on any atom is -0.317 e. The van der Waals surface area contributed by atoms with Crippen molar-refractivity contribution in [1.29, 1.82) is 5.26 Å². The molecule has 1 amide bonds. The molecular formula is C8H6N2OS. The van der Waals surface area contributed by atoms with E-state index in [1.165, 1.54) is 0 Å². The molecule has 0 fully saturated rings. The lowest BCUT2D eigenvalue weighted by Crippen LogP contribution is -2.00. The Morgan fingerprint density at radius 2 is 2.00 bits per heavy atom. The van der Waals surface area contributed by atoms with E-state index in [0.717, 1.165) is 0 Å². The van der Waals surface area contributed by atoms with Crippen LogP contribution in [0.3, 0.4) is 0 Å². The highest BCUT2D eigenvalue weighted by Gasteiger charge is 1.94. The SMILES string of the molecule is N#Cc1ccc(NC(=O)S)cc1. The number of anilines is 1. The zero-order valence-corrected chi connectivity index (χ0v) is 7.01. The fraction of sp³-hybridized carbons (Fsp3) is 0. The Morgan fingerprint density at radius 3 is 2.42 bits per heavy atom. The van der Waals surface area contributed by atoms with Crippen LogP contribution >= 0.6 is 12.6 Å². The number of nitrogens with zero attached hydrogens (tertiary/aromatic N) is 1. The van der Waals surface area contributed by atoms with Crippen LogP contribution in [0.4, 0.5) is 10.5 Å². The van der Waals surface area contributed by atoms with Crippen LogP contribution in [-0.4, -0.2) is 5.24 Å². The van der Waals surface area contributed by atoms with Crippen LogP contribution in [0.5, 0.6) is 0 Å². The van der Waals surface area contributed by atoms with Crippen LogP contribution in [0.2, 0.25) is 0 Å². The minimum atomic E-state index is -0.417. The smallest absolute Gasteiger partial charge is 0.280 e. The highest BCUT2D eigenvalue weighted by molar-refractivity contribution is 7.96. The third-order valence-electron chi connectivity index (χ3n) is 1.27. The van der Waals surface area contributed by atoms with Crippen LogP contribution < -0.4 is 5.32 Å². The second-order valence-corrected chi connectivity index (χ2v) is 2.53. The van der Waals surface area contributed by atoms with Crippen LogP contribution in [0.25, 0.3) is 0 Å². The molecule has 0 spiro atoms. The molecule has 1 rings (SSSR count). The molecule has 1 aromatic carbocycles. The number of thiol groups is 1. The van der Waals surface area contributed by atoms with Gasteiger partial charge in [-0.1, -0.05) is 12.6 Å². The number of nitriles is 1. The van der Waals surface area contributed by atoms with E-state index in [-0.39, 0.29) is 0 Å². The predicted octanol–water partition coefficient (Wildman–Crippen LogP) is 2.02. The molecule has 0 unspecified atom stereocenters. The fourth-order valence-electron chi connectivity index (χ4n) is 0.752. The van der Waals surface area contributed by atoms with E-state index in [4.69, 9.17) is 5.26 Å². The number of hydrogen-bond donors (Lipinski definition) is 2. The van der Waals surface area contributed by atoms with Gasteiger partial charge in [-0.15, -0.1) is 0 Å². The number of carbonyl (C=O) groups excluding carboxylic acids is 1. The van der Waals surface area contributed by atoms with Gasteiger partial charge in [0.05, 0.1) is 11.6 Å². The van der Waals surface area contributed by atoms with Crippen molar-refractivity contribution in [2.45, 2.75) is 0 Å². The lowest BCUT2D eigenvalue weighted by molar-refractivity contribution is 0.270. The standard InChI is InChI=1S/C8H6N2OS/c9-5-6-1-3-7(4-2-6)10-8(11)12/h1-4H,(H2,10,11,12). The second-order valence-electron chi connectivity index (χ2n) is 2.12. The Bertz CT molecular complexity index is 326. The predicted molar refractivity (Wildman–Crippen MR) is 49.2 cm³/mol. The Labute approximate surface area is 75.4 Å². The molecule has 0 radical (unpaired) electrons. The fourth-order valence-corrected chi connectivity index (χ4v) is 0.881. The monoisotopic (exact) mass is 178 g/mol. The molecule has 0 saturated carbocycles. The van der Waals surface area contributed by atoms with E-state index in [0.29, 0.717) is 11.3 Å². The van der Waals surface area contributed by atoms with Gasteiger partial charge < -0.3 is 5.32 Å². The molecule has 12 heavy (non-hydrogen) atoms. The normalized spacial score (nSPS) is 8.67. The highest BCUT2D eigenvalue weighted by Crippen LogP contribution is 2.08.